The van der Waals surface area contributed by atoms with Gasteiger partial charge in [0.05, 0.1) is 24.1 Å². The highest BCUT2D eigenvalue weighted by Gasteiger charge is 2.46. The highest BCUT2D eigenvalue weighted by Crippen LogP contribution is 2.25. The van der Waals surface area contributed by atoms with E-state index in [0.717, 1.165) is 4.90 Å². The third kappa shape index (κ3) is 5.37. The molecule has 2 heterocycles. The van der Waals surface area contributed by atoms with Gasteiger partial charge in [0.2, 0.25) is 0 Å². The predicted octanol–water partition coefficient (Wildman–Crippen LogP) is -0.538. The number of aliphatic hydroxyl groups is 4. The number of anilines is 1. The quantitative estimate of drug-likeness (QED) is 0.237. The number of halogens is 1. The van der Waals surface area contributed by atoms with Crippen molar-refractivity contribution >= 4 is 17.5 Å². The number of benzene rings is 2. The van der Waals surface area contributed by atoms with E-state index in [1.54, 1.807) is 6.07 Å². The molecule has 38 heavy (non-hydrogen) atoms. The molecule has 0 radical (unpaired) electrons. The smallest absolute Gasteiger partial charge is 0.262 e. The van der Waals surface area contributed by atoms with Crippen LogP contribution in [0.25, 0.3) is 5.69 Å². The second kappa shape index (κ2) is 11.2. The first-order valence-electron chi connectivity index (χ1n) is 11.6. The van der Waals surface area contributed by atoms with Crippen LogP contribution in [0.4, 0.5) is 10.2 Å². The highest BCUT2D eigenvalue weighted by atomic mass is 19.1. The van der Waals surface area contributed by atoms with Crippen LogP contribution < -0.4 is 10.5 Å². The lowest BCUT2D eigenvalue weighted by Gasteiger charge is -2.43. The summed E-state index contributed by atoms with van der Waals surface area (Å²) in [6.45, 7) is -1.14. The molecule has 6 N–H and O–H groups in total. The van der Waals surface area contributed by atoms with E-state index in [1.165, 1.54) is 60.4 Å². The largest absolute Gasteiger partial charge is 0.484 e. The Labute approximate surface area is 216 Å². The summed E-state index contributed by atoms with van der Waals surface area (Å²) < 4.78 is 25.4. The molecule has 1 aliphatic heterocycles. The van der Waals surface area contributed by atoms with Gasteiger partial charge in [0.15, 0.2) is 18.6 Å². The third-order valence-corrected chi connectivity index (χ3v) is 6.22. The molecule has 1 unspecified atom stereocenters. The Kier molecular flexibility index (Phi) is 8.04. The minimum atomic E-state index is -1.63. The van der Waals surface area contributed by atoms with Gasteiger partial charge in [0, 0.05) is 12.6 Å². The number of nitrogens with zero attached hydrogens (tertiary/aromatic N) is 3. The minimum absolute atomic E-state index is 0.0595. The predicted molar refractivity (Wildman–Crippen MR) is 130 cm³/mol. The molecule has 0 bridgehead atoms. The standard InChI is InChI=1S/C25H27FN4O8/c1-29(25-23(36)22(35)21(34)18(11-31)38-25)19(32)12-37-16-4-2-3-13(9-16)20(33)17-10-28-30(24(17)27)15-7-5-14(26)6-8-15/h2-10,18,21-23,25,31,34-36H,11-12,27H2,1H3/t18-,21-,22+,23+,25?/m1/s1. The number of hydrogen-bond acceptors (Lipinski definition) is 10. The number of aliphatic hydroxyl groups excluding tert-OH is 4. The van der Waals surface area contributed by atoms with E-state index in [1.807, 2.05) is 0 Å². The van der Waals surface area contributed by atoms with Gasteiger partial charge >= 0.3 is 0 Å². The molecule has 1 fully saturated rings. The summed E-state index contributed by atoms with van der Waals surface area (Å²) in [7, 11) is 1.31. The lowest BCUT2D eigenvalue weighted by Crippen LogP contribution is -2.63. The van der Waals surface area contributed by atoms with Crippen LogP contribution in [0.1, 0.15) is 15.9 Å². The fourth-order valence-corrected chi connectivity index (χ4v) is 3.99. The van der Waals surface area contributed by atoms with Gasteiger partial charge in [0.25, 0.3) is 5.91 Å². The number of aromatic nitrogens is 2. The van der Waals surface area contributed by atoms with Gasteiger partial charge in [-0.05, 0) is 36.4 Å². The van der Waals surface area contributed by atoms with Crippen LogP contribution in [0.2, 0.25) is 0 Å². The molecule has 2 aromatic carbocycles. The molecule has 5 atom stereocenters. The second-order valence-corrected chi connectivity index (χ2v) is 8.70. The van der Waals surface area contributed by atoms with E-state index in [4.69, 9.17) is 15.2 Å². The molecule has 13 heteroatoms. The monoisotopic (exact) mass is 530 g/mol. The van der Waals surface area contributed by atoms with Crippen molar-refractivity contribution in [1.82, 2.24) is 14.7 Å². The number of nitrogens with two attached hydrogens (primary N) is 1. The zero-order valence-corrected chi connectivity index (χ0v) is 20.2. The van der Waals surface area contributed by atoms with Crippen molar-refractivity contribution in [2.75, 3.05) is 26.0 Å². The normalized spacial score (nSPS) is 23.2. The van der Waals surface area contributed by atoms with Gasteiger partial charge in [-0.25, -0.2) is 9.07 Å². The van der Waals surface area contributed by atoms with Crippen LogP contribution in [0.15, 0.2) is 54.7 Å². The van der Waals surface area contributed by atoms with Gasteiger partial charge < -0.3 is 40.5 Å². The van der Waals surface area contributed by atoms with Crippen LogP contribution in [0.5, 0.6) is 5.75 Å². The molecule has 0 spiro atoms. The summed E-state index contributed by atoms with van der Waals surface area (Å²) in [6, 6.07) is 11.5. The summed E-state index contributed by atoms with van der Waals surface area (Å²) >= 11 is 0. The van der Waals surface area contributed by atoms with Gasteiger partial charge in [0.1, 0.15) is 41.8 Å². The van der Waals surface area contributed by atoms with E-state index < -0.39 is 61.4 Å². The average molecular weight is 531 g/mol. The van der Waals surface area contributed by atoms with Crippen molar-refractivity contribution in [1.29, 1.82) is 0 Å². The summed E-state index contributed by atoms with van der Waals surface area (Å²) in [5.74, 6) is -1.27. The molecule has 3 aromatic rings. The number of carbonyl (C=O) groups excluding carboxylic acids is 2. The first kappa shape index (κ1) is 27.2. The number of ketones is 1. The highest BCUT2D eigenvalue weighted by molar-refractivity contribution is 6.11. The van der Waals surface area contributed by atoms with Crippen LogP contribution in [0, 0.1) is 5.82 Å². The van der Waals surface area contributed by atoms with Crippen molar-refractivity contribution < 1.29 is 43.9 Å². The number of nitrogen functional groups attached to an aromatic ring is 1. The molecule has 4 rings (SSSR count). The Hall–Kier alpha value is -3.88. The molecule has 1 saturated heterocycles. The molecule has 12 nitrogen and oxygen atoms in total. The number of ether oxygens (including phenoxy) is 2. The topological polar surface area (TPSA) is 181 Å². The first-order chi connectivity index (χ1) is 18.1. The Morgan fingerprint density at radius 2 is 1.84 bits per heavy atom. The molecular formula is C25H27FN4O8. The van der Waals surface area contributed by atoms with Crippen LogP contribution >= 0.6 is 0 Å². The Morgan fingerprint density at radius 1 is 1.13 bits per heavy atom. The Bertz CT molecular complexity index is 1300. The Balaban J connectivity index is 1.43. The minimum Gasteiger partial charge on any atom is -0.484 e. The Morgan fingerprint density at radius 3 is 2.53 bits per heavy atom. The second-order valence-electron chi connectivity index (χ2n) is 8.70. The number of likely N-dealkylation sites (N-methyl/N-ethyl adjacent to an activating group) is 1. The zero-order valence-electron chi connectivity index (χ0n) is 20.2. The average Bonchev–Trinajstić information content (AvgIpc) is 3.31. The number of rotatable bonds is 8. The van der Waals surface area contributed by atoms with Crippen molar-refractivity contribution in [3.05, 3.63) is 71.7 Å². The number of hydrogen-bond donors (Lipinski definition) is 5. The van der Waals surface area contributed by atoms with Crippen molar-refractivity contribution in [2.24, 2.45) is 0 Å². The molecule has 202 valence electrons. The summed E-state index contributed by atoms with van der Waals surface area (Å²) in [4.78, 5) is 26.8. The summed E-state index contributed by atoms with van der Waals surface area (Å²) in [5, 5.41) is 43.5. The maximum Gasteiger partial charge on any atom is 0.262 e. The molecule has 1 aliphatic rings. The number of carbonyl (C=O) groups is 2. The SMILES string of the molecule is CN(C(=O)COc1cccc(C(=O)c2cnn(-c3ccc(F)cc3)c2N)c1)C1O[C@H](CO)[C@@H](O)[C@H](O)[C@@H]1O. The van der Waals surface area contributed by atoms with Gasteiger partial charge in [-0.3, -0.25) is 9.59 Å². The van der Waals surface area contributed by atoms with Gasteiger partial charge in [-0.15, -0.1) is 0 Å². The zero-order chi connectivity index (χ0) is 27.6. The van der Waals surface area contributed by atoms with Crippen LogP contribution in [-0.4, -0.2) is 97.7 Å². The maximum atomic E-state index is 13.2. The molecule has 0 saturated carbocycles. The molecule has 0 aliphatic carbocycles. The van der Waals surface area contributed by atoms with E-state index in [-0.39, 0.29) is 22.7 Å². The maximum absolute atomic E-state index is 13.2. The lowest BCUT2D eigenvalue weighted by atomic mass is 9.98. The van der Waals surface area contributed by atoms with Crippen molar-refractivity contribution in [2.45, 2.75) is 30.6 Å². The fraction of sp³-hybridized carbons (Fsp3) is 0.320. The fourth-order valence-electron chi connectivity index (χ4n) is 3.99. The van der Waals surface area contributed by atoms with Gasteiger partial charge in [-0.1, -0.05) is 12.1 Å². The lowest BCUT2D eigenvalue weighted by molar-refractivity contribution is -0.259. The van der Waals surface area contributed by atoms with E-state index in [2.05, 4.69) is 5.10 Å². The summed E-state index contributed by atoms with van der Waals surface area (Å²) in [6.07, 6.45) is -6.02. The third-order valence-electron chi connectivity index (χ3n) is 6.22. The van der Waals surface area contributed by atoms with E-state index >= 15 is 0 Å². The molecule has 1 aromatic heterocycles. The van der Waals surface area contributed by atoms with Crippen molar-refractivity contribution in [3.63, 3.8) is 0 Å². The van der Waals surface area contributed by atoms with Crippen LogP contribution in [-0.2, 0) is 9.53 Å². The number of amides is 1. The van der Waals surface area contributed by atoms with Crippen molar-refractivity contribution in [3.8, 4) is 11.4 Å². The molecule has 1 amide bonds. The van der Waals surface area contributed by atoms with Gasteiger partial charge in [-0.2, -0.15) is 5.10 Å². The molecular weight excluding hydrogens is 503 g/mol. The first-order valence-corrected chi connectivity index (χ1v) is 11.6. The van der Waals surface area contributed by atoms with Crippen LogP contribution in [0.3, 0.4) is 0 Å². The summed E-state index contributed by atoms with van der Waals surface area (Å²) in [5.41, 5.74) is 6.93. The van der Waals surface area contributed by atoms with E-state index in [9.17, 15) is 34.4 Å². The van der Waals surface area contributed by atoms with E-state index in [0.29, 0.717) is 5.69 Å².